The Balaban J connectivity index is 2.91. The number of hydrogen-bond acceptors (Lipinski definition) is 0. The molecule has 52 valence electrons. The maximum atomic E-state index is 2.43. The summed E-state index contributed by atoms with van der Waals surface area (Å²) in [5.41, 5.74) is 0. The zero-order valence-electron chi connectivity index (χ0n) is 6.94. The van der Waals surface area contributed by atoms with E-state index in [0.29, 0.717) is 0 Å². The van der Waals surface area contributed by atoms with Gasteiger partial charge >= 0.3 is 80.4 Å². The summed E-state index contributed by atoms with van der Waals surface area (Å²) in [4.78, 5) is 0. The molecule has 10 heavy (non-hydrogen) atoms. The molecule has 0 saturated carbocycles. The molecule has 0 spiro atoms. The number of hydrogen-bond donors (Lipinski definition) is 0. The summed E-state index contributed by atoms with van der Waals surface area (Å²) in [6.45, 7) is 7.29. The first-order valence-corrected chi connectivity index (χ1v) is 9.42. The van der Waals surface area contributed by atoms with Crippen molar-refractivity contribution in [2.75, 3.05) is 0 Å². The van der Waals surface area contributed by atoms with Crippen molar-refractivity contribution in [3.8, 4) is 0 Å². The van der Waals surface area contributed by atoms with Gasteiger partial charge in [-0.25, -0.2) is 0 Å². The van der Waals surface area contributed by atoms with Crippen LogP contribution in [0.4, 0.5) is 0 Å². The van der Waals surface area contributed by atoms with Crippen LogP contribution in [-0.2, 0) is 0 Å². The Labute approximate surface area is 80.1 Å². The van der Waals surface area contributed by atoms with Gasteiger partial charge in [-0.2, -0.15) is 0 Å². The molecule has 0 fully saturated rings. The van der Waals surface area contributed by atoms with Crippen molar-refractivity contribution < 1.29 is 0 Å². The fourth-order valence-electron chi connectivity index (χ4n) is 1.25. The Morgan fingerprint density at radius 2 is 2.00 bits per heavy atom. The van der Waals surface area contributed by atoms with Gasteiger partial charge in [-0.3, -0.25) is 0 Å². The van der Waals surface area contributed by atoms with Crippen LogP contribution in [0.25, 0.3) is 0 Å². The Morgan fingerprint density at radius 3 is 2.20 bits per heavy atom. The molecule has 1 aliphatic carbocycles. The van der Waals surface area contributed by atoms with Gasteiger partial charge in [0.15, 0.2) is 0 Å². The second-order valence-electron chi connectivity index (χ2n) is 3.80. The van der Waals surface area contributed by atoms with E-state index >= 15 is 0 Å². The second-order valence-corrected chi connectivity index (χ2v) is 11.5. The first kappa shape index (κ1) is 8.71. The van der Waals surface area contributed by atoms with Crippen molar-refractivity contribution in [1.82, 2.24) is 0 Å². The minimum absolute atomic E-state index is 0.953. The first-order valence-electron chi connectivity index (χ1n) is 3.67. The van der Waals surface area contributed by atoms with Crippen molar-refractivity contribution in [3.63, 3.8) is 0 Å². The fourth-order valence-corrected chi connectivity index (χ4v) is 8.89. The zero-order valence-corrected chi connectivity index (χ0v) is 12.4. The van der Waals surface area contributed by atoms with Gasteiger partial charge in [0.2, 0.25) is 0 Å². The average Bonchev–Trinajstić information content (AvgIpc) is 2.11. The van der Waals surface area contributed by atoms with E-state index in [-0.39, 0.29) is 0 Å². The summed E-state index contributed by atoms with van der Waals surface area (Å²) in [6.07, 6.45) is 5.95. The van der Waals surface area contributed by atoms with Gasteiger partial charge in [-0.15, -0.1) is 0 Å². The molecule has 0 amide bonds. The molecule has 1 aliphatic rings. The van der Waals surface area contributed by atoms with Gasteiger partial charge in [0.25, 0.3) is 0 Å². The molecular formula is C8H13SiTl. The Hall–Kier alpha value is 0.619. The van der Waals surface area contributed by atoms with Gasteiger partial charge in [-0.1, -0.05) is 0 Å². The first-order chi connectivity index (χ1) is 4.52. The third kappa shape index (κ3) is 1.81. The van der Waals surface area contributed by atoms with Crippen molar-refractivity contribution in [2.24, 2.45) is 0 Å². The van der Waals surface area contributed by atoms with Crippen molar-refractivity contribution in [1.29, 1.82) is 0 Å². The topological polar surface area (TPSA) is 0 Å². The number of rotatable bonds is 1. The van der Waals surface area contributed by atoms with Crippen LogP contribution in [0.5, 0.6) is 0 Å². The maximum absolute atomic E-state index is 2.43. The molecule has 0 aromatic heterocycles. The number of allylic oxidation sites excluding steroid dienone is 4. The van der Waals surface area contributed by atoms with Crippen molar-refractivity contribution >= 4 is 33.8 Å². The molecular weight excluding hydrogens is 329 g/mol. The molecule has 0 heterocycles. The predicted molar refractivity (Wildman–Crippen MR) is 49.9 cm³/mol. The summed E-state index contributed by atoms with van der Waals surface area (Å²) < 4.78 is 1.76. The molecule has 0 N–H and O–H groups in total. The molecule has 0 unspecified atom stereocenters. The van der Waals surface area contributed by atoms with E-state index in [4.69, 9.17) is 0 Å². The monoisotopic (exact) mass is 342 g/mol. The Kier molecular flexibility index (Phi) is 2.55. The van der Waals surface area contributed by atoms with E-state index in [1.165, 1.54) is 6.42 Å². The van der Waals surface area contributed by atoms with Crippen LogP contribution < -0.4 is 0 Å². The van der Waals surface area contributed by atoms with Crippen LogP contribution in [-0.4, -0.2) is 33.8 Å². The van der Waals surface area contributed by atoms with E-state index < -0.39 is 8.07 Å². The zero-order chi connectivity index (χ0) is 7.78. The molecule has 0 atom stereocenters. The SMILES string of the molecule is C[Si](C)(C)C1=[C]([Tl])CC=C1. The van der Waals surface area contributed by atoms with E-state index in [1.54, 1.807) is 8.33 Å². The van der Waals surface area contributed by atoms with Gasteiger partial charge in [0, 0.05) is 0 Å². The molecule has 0 nitrogen and oxygen atoms in total. The summed E-state index contributed by atoms with van der Waals surface area (Å²) in [5, 5.41) is 1.73. The van der Waals surface area contributed by atoms with E-state index in [9.17, 15) is 0 Å². The molecule has 0 aliphatic heterocycles. The van der Waals surface area contributed by atoms with E-state index in [0.717, 1.165) is 25.8 Å². The van der Waals surface area contributed by atoms with E-state index in [1.807, 2.05) is 0 Å². The third-order valence-corrected chi connectivity index (χ3v) is 7.13. The van der Waals surface area contributed by atoms with Crippen molar-refractivity contribution in [2.45, 2.75) is 26.1 Å². The summed E-state index contributed by atoms with van der Waals surface area (Å²) in [5.74, 6) is 0. The predicted octanol–water partition coefficient (Wildman–Crippen LogP) is 2.25. The van der Waals surface area contributed by atoms with Crippen LogP contribution in [0.3, 0.4) is 0 Å². The summed E-state index contributed by atoms with van der Waals surface area (Å²) >= 11 is 1.07. The quantitative estimate of drug-likeness (QED) is 0.642. The van der Waals surface area contributed by atoms with Crippen LogP contribution in [0.15, 0.2) is 20.5 Å². The molecule has 0 radical (unpaired) electrons. The third-order valence-electron chi connectivity index (χ3n) is 1.78. The Morgan fingerprint density at radius 1 is 1.40 bits per heavy atom. The average molecular weight is 342 g/mol. The van der Waals surface area contributed by atoms with Crippen LogP contribution in [0.2, 0.25) is 19.6 Å². The molecule has 0 aromatic carbocycles. The normalized spacial score (nSPS) is 18.6. The second kappa shape index (κ2) is 2.93. The Bertz CT molecular complexity index is 196. The molecule has 1 rings (SSSR count). The van der Waals surface area contributed by atoms with Gasteiger partial charge < -0.3 is 0 Å². The van der Waals surface area contributed by atoms with Crippen LogP contribution in [0.1, 0.15) is 6.42 Å². The summed E-state index contributed by atoms with van der Waals surface area (Å²) in [6, 6.07) is 0. The van der Waals surface area contributed by atoms with E-state index in [2.05, 4.69) is 31.8 Å². The summed E-state index contributed by atoms with van der Waals surface area (Å²) in [7, 11) is -0.953. The van der Waals surface area contributed by atoms with Gasteiger partial charge in [0.1, 0.15) is 0 Å². The van der Waals surface area contributed by atoms with Crippen molar-refractivity contribution in [3.05, 3.63) is 20.5 Å². The fraction of sp³-hybridized carbons (Fsp3) is 0.500. The molecule has 0 saturated heterocycles. The van der Waals surface area contributed by atoms with Gasteiger partial charge in [0.05, 0.1) is 0 Å². The standard InChI is InChI=1S/C8H13Si.Tl/c1-9(2,3)8-6-4-5-7-8;/h4,6H,5H2,1-3H3;. The van der Waals surface area contributed by atoms with Crippen LogP contribution in [0, 0.1) is 0 Å². The molecule has 0 bridgehead atoms. The van der Waals surface area contributed by atoms with Crippen LogP contribution >= 0.6 is 0 Å². The van der Waals surface area contributed by atoms with Gasteiger partial charge in [-0.05, 0) is 0 Å². The molecule has 0 aromatic rings. The molecule has 2 heteroatoms. The minimum atomic E-state index is -0.953.